The van der Waals surface area contributed by atoms with Crippen LogP contribution in [0.25, 0.3) is 0 Å². The monoisotopic (exact) mass is 548 g/mol. The van der Waals surface area contributed by atoms with Crippen molar-refractivity contribution in [2.45, 2.75) is 57.1 Å². The molecule has 1 aliphatic rings. The maximum absolute atomic E-state index is 12.3. The van der Waals surface area contributed by atoms with Gasteiger partial charge in [-0.05, 0) is 16.7 Å². The van der Waals surface area contributed by atoms with E-state index in [2.05, 4.69) is 0 Å². The predicted octanol–water partition coefficient (Wildman–Crippen LogP) is 3.51. The van der Waals surface area contributed by atoms with Gasteiger partial charge in [0.25, 0.3) is 0 Å². The van der Waals surface area contributed by atoms with Crippen molar-refractivity contribution in [3.8, 4) is 0 Å². The van der Waals surface area contributed by atoms with Gasteiger partial charge >= 0.3 is 17.9 Å². The second-order valence-corrected chi connectivity index (χ2v) is 9.38. The molecule has 0 aliphatic carbocycles. The molecular formula is C31H32O9. The smallest absolute Gasteiger partial charge is 0.303 e. The van der Waals surface area contributed by atoms with E-state index >= 15 is 0 Å². The first-order valence-electron chi connectivity index (χ1n) is 12.9. The Morgan fingerprint density at radius 3 is 1.50 bits per heavy atom. The van der Waals surface area contributed by atoms with E-state index in [1.807, 2.05) is 91.0 Å². The lowest BCUT2D eigenvalue weighted by molar-refractivity contribution is -0.310. The van der Waals surface area contributed by atoms with Crippen LogP contribution in [-0.4, -0.2) is 60.3 Å². The first-order chi connectivity index (χ1) is 19.2. The lowest BCUT2D eigenvalue weighted by Crippen LogP contribution is -2.63. The number of carbonyl (C=O) groups excluding carboxylic acids is 3. The largest absolute Gasteiger partial charge is 0.463 e. The zero-order valence-corrected chi connectivity index (χ0v) is 22.5. The van der Waals surface area contributed by atoms with Crippen LogP contribution in [0.2, 0.25) is 0 Å². The van der Waals surface area contributed by atoms with Gasteiger partial charge in [-0.3, -0.25) is 14.4 Å². The molecule has 1 fully saturated rings. The highest BCUT2D eigenvalue weighted by Gasteiger charge is 2.54. The summed E-state index contributed by atoms with van der Waals surface area (Å²) in [6.07, 6.45) is -6.70. The molecule has 1 heterocycles. The molecule has 0 amide bonds. The van der Waals surface area contributed by atoms with Crippen LogP contribution >= 0.6 is 0 Å². The average molecular weight is 549 g/mol. The highest BCUT2D eigenvalue weighted by atomic mass is 16.7. The van der Waals surface area contributed by atoms with Gasteiger partial charge < -0.3 is 28.8 Å². The van der Waals surface area contributed by atoms with Gasteiger partial charge in [-0.2, -0.15) is 0 Å². The lowest BCUT2D eigenvalue weighted by atomic mass is 9.79. The Labute approximate surface area is 232 Å². The van der Waals surface area contributed by atoms with Crippen molar-refractivity contribution in [2.75, 3.05) is 6.61 Å². The summed E-state index contributed by atoms with van der Waals surface area (Å²) < 4.78 is 29.1. The van der Waals surface area contributed by atoms with Crippen molar-refractivity contribution in [2.24, 2.45) is 0 Å². The number of hydrogen-bond donors (Lipinski definition) is 1. The van der Waals surface area contributed by atoms with E-state index in [9.17, 15) is 19.5 Å². The molecule has 210 valence electrons. The minimum absolute atomic E-state index is 0.341. The summed E-state index contributed by atoms with van der Waals surface area (Å²) in [6, 6.07) is 28.2. The fraction of sp³-hybridized carbons (Fsp3) is 0.323. The number of carbonyl (C=O) groups is 3. The molecule has 1 N–H and O–H groups in total. The number of ether oxygens (including phenoxy) is 5. The maximum atomic E-state index is 12.3. The van der Waals surface area contributed by atoms with Crippen LogP contribution in [0.1, 0.15) is 37.5 Å². The van der Waals surface area contributed by atoms with E-state index < -0.39 is 54.2 Å². The zero-order chi connectivity index (χ0) is 28.7. The van der Waals surface area contributed by atoms with E-state index in [0.29, 0.717) is 0 Å². The summed E-state index contributed by atoms with van der Waals surface area (Å²) in [7, 11) is 0. The van der Waals surface area contributed by atoms with Gasteiger partial charge in [0.2, 0.25) is 0 Å². The summed E-state index contributed by atoms with van der Waals surface area (Å²) in [4.78, 5) is 36.1. The molecule has 9 nitrogen and oxygen atoms in total. The van der Waals surface area contributed by atoms with Crippen LogP contribution in [0, 0.1) is 0 Å². The van der Waals surface area contributed by atoms with Crippen LogP contribution in [0.4, 0.5) is 0 Å². The van der Waals surface area contributed by atoms with Gasteiger partial charge in [0, 0.05) is 20.8 Å². The van der Waals surface area contributed by atoms with Gasteiger partial charge in [-0.25, -0.2) is 0 Å². The maximum Gasteiger partial charge on any atom is 0.303 e. The van der Waals surface area contributed by atoms with Crippen LogP contribution in [-0.2, 0) is 43.7 Å². The lowest BCUT2D eigenvalue weighted by Gasteiger charge is -2.47. The number of esters is 3. The van der Waals surface area contributed by atoms with Crippen molar-refractivity contribution in [1.82, 2.24) is 0 Å². The second-order valence-electron chi connectivity index (χ2n) is 9.38. The van der Waals surface area contributed by atoms with Crippen molar-refractivity contribution in [3.63, 3.8) is 0 Å². The number of rotatable bonds is 9. The first kappa shape index (κ1) is 28.9. The highest BCUT2D eigenvalue weighted by Crippen LogP contribution is 2.44. The average Bonchev–Trinajstić information content (AvgIpc) is 2.94. The van der Waals surface area contributed by atoms with Crippen molar-refractivity contribution in [3.05, 3.63) is 108 Å². The van der Waals surface area contributed by atoms with E-state index in [-0.39, 0.29) is 6.61 Å². The summed E-state index contributed by atoms with van der Waals surface area (Å²) in [5, 5.41) is 11.0. The third kappa shape index (κ3) is 6.39. The Morgan fingerprint density at radius 1 is 0.675 bits per heavy atom. The zero-order valence-electron chi connectivity index (χ0n) is 22.5. The minimum atomic E-state index is -1.68. The molecule has 1 saturated heterocycles. The van der Waals surface area contributed by atoms with E-state index in [1.54, 1.807) is 0 Å². The van der Waals surface area contributed by atoms with Crippen molar-refractivity contribution < 1.29 is 43.2 Å². The SMILES string of the molecule is CC(=O)OC[C@H]1O[C@@H](O)[C@H](OC(C)=O)[C@@H](OC(c2ccccc2)(c2ccccc2)c2ccccc2)[C@@H]1OC(C)=O. The third-order valence-corrected chi connectivity index (χ3v) is 6.52. The van der Waals surface area contributed by atoms with Gasteiger partial charge in [0.15, 0.2) is 18.5 Å². The van der Waals surface area contributed by atoms with Crippen molar-refractivity contribution in [1.29, 1.82) is 0 Å². The summed E-state index contributed by atoms with van der Waals surface area (Å²) in [5.74, 6) is -1.96. The fourth-order valence-corrected chi connectivity index (χ4v) is 4.94. The molecule has 9 heteroatoms. The van der Waals surface area contributed by atoms with Gasteiger partial charge in [0.05, 0.1) is 0 Å². The molecule has 0 radical (unpaired) electrons. The molecule has 4 rings (SSSR count). The standard InChI is InChI=1S/C31H32O9/c1-20(32)36-19-26-27(37-21(2)33)28(29(30(35)39-26)38-22(3)34)40-31(23-13-7-4-8-14-23,24-15-9-5-10-16-24)25-17-11-6-12-18-25/h4-18,26-30,35H,19H2,1-3H3/t26-,27-,28+,29-,30-/m1/s1. The summed E-state index contributed by atoms with van der Waals surface area (Å²) in [6.45, 7) is 3.28. The Kier molecular flexibility index (Phi) is 9.31. The van der Waals surface area contributed by atoms with Crippen LogP contribution in [0.3, 0.4) is 0 Å². The number of aliphatic hydroxyl groups excluding tert-OH is 1. The molecule has 1 aliphatic heterocycles. The Bertz CT molecular complexity index is 1180. The molecule has 0 aromatic heterocycles. The van der Waals surface area contributed by atoms with Gasteiger partial charge in [-0.1, -0.05) is 91.0 Å². The predicted molar refractivity (Wildman–Crippen MR) is 143 cm³/mol. The molecule has 0 bridgehead atoms. The normalized spacial score (nSPS) is 22.6. The van der Waals surface area contributed by atoms with E-state index in [0.717, 1.165) is 16.7 Å². The van der Waals surface area contributed by atoms with Crippen molar-refractivity contribution >= 4 is 17.9 Å². The Hall–Kier alpha value is -4.05. The number of hydrogen-bond acceptors (Lipinski definition) is 9. The van der Waals surface area contributed by atoms with E-state index in [1.165, 1.54) is 20.8 Å². The fourth-order valence-electron chi connectivity index (χ4n) is 4.94. The minimum Gasteiger partial charge on any atom is -0.463 e. The molecule has 5 atom stereocenters. The molecule has 3 aromatic rings. The molecule has 0 spiro atoms. The summed E-state index contributed by atoms with van der Waals surface area (Å²) in [5.41, 5.74) is 0.864. The number of benzene rings is 3. The van der Waals surface area contributed by atoms with Gasteiger partial charge in [0.1, 0.15) is 24.4 Å². The molecule has 3 aromatic carbocycles. The molecule has 0 saturated carbocycles. The molecule has 40 heavy (non-hydrogen) atoms. The molecular weight excluding hydrogens is 516 g/mol. The van der Waals surface area contributed by atoms with Gasteiger partial charge in [-0.15, -0.1) is 0 Å². The first-order valence-corrected chi connectivity index (χ1v) is 12.9. The van der Waals surface area contributed by atoms with Crippen LogP contribution < -0.4 is 0 Å². The Balaban J connectivity index is 1.95. The second kappa shape index (κ2) is 12.9. The Morgan fingerprint density at radius 2 is 1.10 bits per heavy atom. The van der Waals surface area contributed by atoms with Crippen LogP contribution in [0.5, 0.6) is 0 Å². The van der Waals surface area contributed by atoms with E-state index in [4.69, 9.17) is 23.7 Å². The van der Waals surface area contributed by atoms with Crippen LogP contribution in [0.15, 0.2) is 91.0 Å². The summed E-state index contributed by atoms with van der Waals surface area (Å²) >= 11 is 0. The third-order valence-electron chi connectivity index (χ3n) is 6.52. The quantitative estimate of drug-likeness (QED) is 0.244. The topological polar surface area (TPSA) is 118 Å². The molecule has 0 unspecified atom stereocenters. The highest BCUT2D eigenvalue weighted by molar-refractivity contribution is 5.67. The number of aliphatic hydroxyl groups is 1.